The van der Waals surface area contributed by atoms with Crippen molar-refractivity contribution in [3.05, 3.63) is 35.9 Å². The molecule has 0 bridgehead atoms. The van der Waals surface area contributed by atoms with E-state index in [4.69, 9.17) is 0 Å². The highest BCUT2D eigenvalue weighted by atomic mass is 32.7. The van der Waals surface area contributed by atoms with E-state index < -0.39 is 0 Å². The van der Waals surface area contributed by atoms with Crippen LogP contribution < -0.4 is 0 Å². The minimum atomic E-state index is 1.08. The topological polar surface area (TPSA) is 0 Å². The molecule has 10 heavy (non-hydrogen) atoms. The molecule has 0 aromatic heterocycles. The Morgan fingerprint density at radius 2 is 2.00 bits per heavy atom. The smallest absolute Gasteiger partial charge is 0.0270 e. The lowest BCUT2D eigenvalue weighted by Crippen LogP contribution is -1.73. The lowest BCUT2D eigenvalue weighted by atomic mass is 10.2. The Morgan fingerprint density at radius 1 is 1.30 bits per heavy atom. The van der Waals surface area contributed by atoms with Gasteiger partial charge in [-0.25, -0.2) is 0 Å². The molecule has 0 atom stereocenters. The molecule has 0 N–H and O–H groups in total. The molecule has 0 unspecified atom stereocenters. The van der Waals surface area contributed by atoms with Crippen LogP contribution in [0.25, 0.3) is 0 Å². The van der Waals surface area contributed by atoms with Gasteiger partial charge in [-0.2, -0.15) is 0 Å². The first-order valence-corrected chi connectivity index (χ1v) is 5.72. The highest BCUT2D eigenvalue weighted by molar-refractivity contribution is 8.47. The second-order valence-corrected chi connectivity index (χ2v) is 4.24. The standard InChI is InChI=1S/C8H9PS/c1-9-10-7-8-5-3-2-4-6-8/h2-6H,1,7H2. The summed E-state index contributed by atoms with van der Waals surface area (Å²) in [7, 11) is 1.16. The fourth-order valence-electron chi connectivity index (χ4n) is 0.694. The van der Waals surface area contributed by atoms with E-state index in [0.717, 1.165) is 13.2 Å². The lowest BCUT2D eigenvalue weighted by Gasteiger charge is -1.93. The molecule has 0 radical (unpaired) electrons. The summed E-state index contributed by atoms with van der Waals surface area (Å²) in [4.78, 5) is 0. The summed E-state index contributed by atoms with van der Waals surface area (Å²) < 4.78 is 0. The van der Waals surface area contributed by atoms with Gasteiger partial charge in [0.05, 0.1) is 0 Å². The van der Waals surface area contributed by atoms with Crippen LogP contribution in [0, 0.1) is 0 Å². The summed E-state index contributed by atoms with van der Waals surface area (Å²) in [5.41, 5.74) is 1.38. The quantitative estimate of drug-likeness (QED) is 0.624. The second-order valence-electron chi connectivity index (χ2n) is 1.89. The van der Waals surface area contributed by atoms with Crippen molar-refractivity contribution in [2.45, 2.75) is 5.75 Å². The van der Waals surface area contributed by atoms with E-state index in [1.807, 2.05) is 17.4 Å². The molecule has 52 valence electrons. The van der Waals surface area contributed by atoms with E-state index in [2.05, 4.69) is 30.6 Å². The van der Waals surface area contributed by atoms with Crippen molar-refractivity contribution in [2.75, 3.05) is 0 Å². The van der Waals surface area contributed by atoms with E-state index in [9.17, 15) is 0 Å². The fraction of sp³-hybridized carbons (Fsp3) is 0.125. The van der Waals surface area contributed by atoms with Gasteiger partial charge in [-0.15, -0.1) is 0 Å². The summed E-state index contributed by atoms with van der Waals surface area (Å²) in [6.07, 6.45) is 3.74. The highest BCUT2D eigenvalue weighted by Crippen LogP contribution is 2.21. The van der Waals surface area contributed by atoms with Crippen LogP contribution in [-0.4, -0.2) is 6.30 Å². The first-order valence-electron chi connectivity index (χ1n) is 3.05. The monoisotopic (exact) mass is 168 g/mol. The Kier molecular flexibility index (Phi) is 3.56. The maximum Gasteiger partial charge on any atom is 0.0270 e. The predicted octanol–water partition coefficient (Wildman–Crippen LogP) is 3.21. The SMILES string of the molecule is C=PSCc1ccccc1. The predicted molar refractivity (Wildman–Crippen MR) is 51.8 cm³/mol. The first kappa shape index (κ1) is 7.84. The Morgan fingerprint density at radius 3 is 2.60 bits per heavy atom. The summed E-state index contributed by atoms with van der Waals surface area (Å²) in [5, 5.41) is 0. The molecule has 0 aliphatic rings. The van der Waals surface area contributed by atoms with E-state index in [0.29, 0.717) is 0 Å². The minimum Gasteiger partial charge on any atom is -0.0978 e. The maximum absolute atomic E-state index is 3.74. The van der Waals surface area contributed by atoms with Gasteiger partial charge in [-0.1, -0.05) is 48.0 Å². The van der Waals surface area contributed by atoms with Crippen molar-refractivity contribution in [3.63, 3.8) is 0 Å². The molecule has 1 aromatic carbocycles. The van der Waals surface area contributed by atoms with Gasteiger partial charge in [0.25, 0.3) is 0 Å². The van der Waals surface area contributed by atoms with Crippen LogP contribution in [0.1, 0.15) is 5.56 Å². The zero-order chi connectivity index (χ0) is 7.23. The average molecular weight is 168 g/mol. The Hall–Kier alpha value is -0.260. The van der Waals surface area contributed by atoms with Crippen molar-refractivity contribution in [2.24, 2.45) is 0 Å². The molecular weight excluding hydrogens is 159 g/mol. The van der Waals surface area contributed by atoms with Gasteiger partial charge in [0.15, 0.2) is 0 Å². The number of hydrogen-bond acceptors (Lipinski definition) is 1. The van der Waals surface area contributed by atoms with Crippen LogP contribution in [-0.2, 0) is 5.75 Å². The third-order valence-corrected chi connectivity index (χ3v) is 2.75. The highest BCUT2D eigenvalue weighted by Gasteiger charge is 1.86. The fourth-order valence-corrected chi connectivity index (χ4v) is 1.85. The minimum absolute atomic E-state index is 1.08. The van der Waals surface area contributed by atoms with Crippen molar-refractivity contribution in [3.8, 4) is 0 Å². The molecule has 2 heteroatoms. The summed E-state index contributed by atoms with van der Waals surface area (Å²) in [6, 6.07) is 10.4. The molecule has 1 rings (SSSR count). The van der Waals surface area contributed by atoms with Crippen LogP contribution in [0.5, 0.6) is 0 Å². The molecule has 0 nitrogen and oxygen atoms in total. The average Bonchev–Trinajstić information content (AvgIpc) is 2.03. The van der Waals surface area contributed by atoms with E-state index in [1.54, 1.807) is 0 Å². The number of benzene rings is 1. The molecule has 0 aliphatic carbocycles. The molecule has 0 saturated heterocycles. The molecule has 0 aliphatic heterocycles. The van der Waals surface area contributed by atoms with Crippen molar-refractivity contribution >= 4 is 25.1 Å². The van der Waals surface area contributed by atoms with E-state index in [-0.39, 0.29) is 0 Å². The van der Waals surface area contributed by atoms with Gasteiger partial charge < -0.3 is 0 Å². The third-order valence-electron chi connectivity index (χ3n) is 1.17. The van der Waals surface area contributed by atoms with Crippen LogP contribution in [0.3, 0.4) is 0 Å². The zero-order valence-corrected chi connectivity index (χ0v) is 7.37. The van der Waals surface area contributed by atoms with Crippen molar-refractivity contribution in [1.29, 1.82) is 0 Å². The van der Waals surface area contributed by atoms with Gasteiger partial charge in [-0.05, 0) is 13.0 Å². The Labute approximate surface area is 67.2 Å². The zero-order valence-electron chi connectivity index (χ0n) is 5.66. The molecule has 0 saturated carbocycles. The summed E-state index contributed by atoms with van der Waals surface area (Å²) in [6.45, 7) is 0. The summed E-state index contributed by atoms with van der Waals surface area (Å²) >= 11 is 1.82. The van der Waals surface area contributed by atoms with E-state index in [1.165, 1.54) is 5.56 Å². The van der Waals surface area contributed by atoms with Crippen LogP contribution in [0.4, 0.5) is 0 Å². The second kappa shape index (κ2) is 4.54. The first-order chi connectivity index (χ1) is 4.93. The van der Waals surface area contributed by atoms with Gasteiger partial charge in [-0.3, -0.25) is 0 Å². The summed E-state index contributed by atoms with van der Waals surface area (Å²) in [5.74, 6) is 1.08. The van der Waals surface area contributed by atoms with E-state index >= 15 is 0 Å². The Balaban J connectivity index is 2.50. The van der Waals surface area contributed by atoms with Crippen molar-refractivity contribution in [1.82, 2.24) is 0 Å². The lowest BCUT2D eigenvalue weighted by molar-refractivity contribution is 1.43. The number of hydrogen-bond donors (Lipinski definition) is 0. The van der Waals surface area contributed by atoms with Crippen molar-refractivity contribution < 1.29 is 0 Å². The largest absolute Gasteiger partial charge is 0.0978 e. The van der Waals surface area contributed by atoms with Gasteiger partial charge in [0.1, 0.15) is 0 Å². The molecule has 0 fully saturated rings. The van der Waals surface area contributed by atoms with Crippen LogP contribution in [0.2, 0.25) is 0 Å². The molecular formula is C8H9PS. The molecule has 1 aromatic rings. The van der Waals surface area contributed by atoms with Crippen LogP contribution in [0.15, 0.2) is 30.3 Å². The molecule has 0 amide bonds. The normalized spacial score (nSPS) is 10.0. The molecule has 0 spiro atoms. The van der Waals surface area contributed by atoms with Gasteiger partial charge in [0.2, 0.25) is 0 Å². The number of rotatable bonds is 3. The third kappa shape index (κ3) is 2.55. The molecule has 0 heterocycles. The van der Waals surface area contributed by atoms with Crippen LogP contribution >= 0.6 is 18.8 Å². The Bertz CT molecular complexity index is 196. The van der Waals surface area contributed by atoms with Gasteiger partial charge in [0, 0.05) is 5.75 Å². The van der Waals surface area contributed by atoms with Gasteiger partial charge >= 0.3 is 0 Å². The maximum atomic E-state index is 3.74.